The van der Waals surface area contributed by atoms with Gasteiger partial charge in [0.1, 0.15) is 5.75 Å². The standard InChI is InChI=1S/C19H23N3O3/c1-24-16-8-6-15(7-9-16)14-20-19(23)21-17-4-2-3-5-18(17)22-10-12-25-13-11-22/h2-9H,10-14H2,1H3,(H2,20,21,23). The SMILES string of the molecule is COc1ccc(CNC(=O)Nc2ccccc2N2CCOCC2)cc1. The molecule has 6 heteroatoms. The Balaban J connectivity index is 1.58. The van der Waals surface area contributed by atoms with Crippen molar-refractivity contribution in [2.45, 2.75) is 6.54 Å². The number of urea groups is 1. The first-order chi connectivity index (χ1) is 12.3. The molecule has 1 aliphatic heterocycles. The van der Waals surface area contributed by atoms with E-state index in [4.69, 9.17) is 9.47 Å². The van der Waals surface area contributed by atoms with E-state index in [1.54, 1.807) is 7.11 Å². The van der Waals surface area contributed by atoms with Crippen molar-refractivity contribution in [3.63, 3.8) is 0 Å². The van der Waals surface area contributed by atoms with Gasteiger partial charge in [-0.2, -0.15) is 0 Å². The van der Waals surface area contributed by atoms with Gasteiger partial charge in [0.2, 0.25) is 0 Å². The summed E-state index contributed by atoms with van der Waals surface area (Å²) in [6.07, 6.45) is 0. The van der Waals surface area contributed by atoms with E-state index in [2.05, 4.69) is 15.5 Å². The van der Waals surface area contributed by atoms with Crippen LogP contribution in [0.15, 0.2) is 48.5 Å². The number of nitrogens with one attached hydrogen (secondary N) is 2. The maximum atomic E-state index is 12.3. The van der Waals surface area contributed by atoms with Gasteiger partial charge in [0.05, 0.1) is 31.7 Å². The molecule has 0 radical (unpaired) electrons. The van der Waals surface area contributed by atoms with Crippen LogP contribution < -0.4 is 20.3 Å². The average Bonchev–Trinajstić information content (AvgIpc) is 2.68. The Labute approximate surface area is 147 Å². The minimum Gasteiger partial charge on any atom is -0.497 e. The Morgan fingerprint density at radius 2 is 1.84 bits per heavy atom. The molecule has 0 aromatic heterocycles. The molecule has 2 amide bonds. The lowest BCUT2D eigenvalue weighted by Gasteiger charge is -2.30. The Kier molecular flexibility index (Phi) is 5.74. The van der Waals surface area contributed by atoms with Crippen LogP contribution in [0.4, 0.5) is 16.2 Å². The Hall–Kier alpha value is -2.73. The van der Waals surface area contributed by atoms with Gasteiger partial charge < -0.3 is 25.0 Å². The normalized spacial score (nSPS) is 14.0. The molecular weight excluding hydrogens is 318 g/mol. The number of anilines is 2. The van der Waals surface area contributed by atoms with Gasteiger partial charge in [-0.25, -0.2) is 4.79 Å². The van der Waals surface area contributed by atoms with Crippen molar-refractivity contribution in [1.82, 2.24) is 5.32 Å². The van der Waals surface area contributed by atoms with Gasteiger partial charge in [0.15, 0.2) is 0 Å². The molecule has 25 heavy (non-hydrogen) atoms. The van der Waals surface area contributed by atoms with E-state index in [9.17, 15) is 4.79 Å². The lowest BCUT2D eigenvalue weighted by atomic mass is 10.2. The van der Waals surface area contributed by atoms with E-state index in [-0.39, 0.29) is 6.03 Å². The Bertz CT molecular complexity index is 697. The van der Waals surface area contributed by atoms with Crippen LogP contribution >= 0.6 is 0 Å². The first kappa shape index (κ1) is 17.1. The average molecular weight is 341 g/mol. The van der Waals surface area contributed by atoms with Crippen LogP contribution in [-0.2, 0) is 11.3 Å². The molecule has 2 aromatic carbocycles. The molecule has 1 heterocycles. The first-order valence-corrected chi connectivity index (χ1v) is 8.36. The third kappa shape index (κ3) is 4.64. The molecule has 0 atom stereocenters. The van der Waals surface area contributed by atoms with Gasteiger partial charge >= 0.3 is 6.03 Å². The Morgan fingerprint density at radius 1 is 1.12 bits per heavy atom. The van der Waals surface area contributed by atoms with Gasteiger partial charge in [-0.1, -0.05) is 24.3 Å². The van der Waals surface area contributed by atoms with E-state index in [0.29, 0.717) is 19.8 Å². The van der Waals surface area contributed by atoms with Crippen LogP contribution in [0, 0.1) is 0 Å². The van der Waals surface area contributed by atoms with Crippen LogP contribution in [0.1, 0.15) is 5.56 Å². The monoisotopic (exact) mass is 341 g/mol. The van der Waals surface area contributed by atoms with Gasteiger partial charge in [-0.3, -0.25) is 0 Å². The number of carbonyl (C=O) groups is 1. The smallest absolute Gasteiger partial charge is 0.319 e. The molecule has 1 saturated heterocycles. The summed E-state index contributed by atoms with van der Waals surface area (Å²) in [6.45, 7) is 3.52. The number of nitrogens with zero attached hydrogens (tertiary/aromatic N) is 1. The number of para-hydroxylation sites is 2. The maximum Gasteiger partial charge on any atom is 0.319 e. The predicted molar refractivity (Wildman–Crippen MR) is 98.3 cm³/mol. The summed E-state index contributed by atoms with van der Waals surface area (Å²) in [6, 6.07) is 15.2. The molecule has 0 saturated carbocycles. The summed E-state index contributed by atoms with van der Waals surface area (Å²) in [7, 11) is 1.63. The van der Waals surface area contributed by atoms with E-state index in [1.807, 2.05) is 48.5 Å². The molecule has 1 fully saturated rings. The number of morpholine rings is 1. The van der Waals surface area contributed by atoms with Crippen LogP contribution in [-0.4, -0.2) is 39.4 Å². The summed E-state index contributed by atoms with van der Waals surface area (Å²) >= 11 is 0. The number of hydrogen-bond acceptors (Lipinski definition) is 4. The van der Waals surface area contributed by atoms with Crippen molar-refractivity contribution in [2.24, 2.45) is 0 Å². The molecule has 0 spiro atoms. The quantitative estimate of drug-likeness (QED) is 0.878. The zero-order valence-electron chi connectivity index (χ0n) is 14.3. The van der Waals surface area contributed by atoms with Gasteiger partial charge in [-0.05, 0) is 29.8 Å². The van der Waals surface area contributed by atoms with Crippen molar-refractivity contribution >= 4 is 17.4 Å². The van der Waals surface area contributed by atoms with E-state index in [1.165, 1.54) is 0 Å². The van der Waals surface area contributed by atoms with Crippen molar-refractivity contribution in [2.75, 3.05) is 43.6 Å². The van der Waals surface area contributed by atoms with Gasteiger partial charge in [0.25, 0.3) is 0 Å². The van der Waals surface area contributed by atoms with Gasteiger partial charge in [-0.15, -0.1) is 0 Å². The molecule has 1 aliphatic rings. The van der Waals surface area contributed by atoms with Crippen molar-refractivity contribution in [3.05, 3.63) is 54.1 Å². The highest BCUT2D eigenvalue weighted by Crippen LogP contribution is 2.26. The van der Waals surface area contributed by atoms with E-state index in [0.717, 1.165) is 35.8 Å². The molecule has 3 rings (SSSR count). The van der Waals surface area contributed by atoms with Crippen molar-refractivity contribution in [1.29, 1.82) is 0 Å². The number of amides is 2. The highest BCUT2D eigenvalue weighted by Gasteiger charge is 2.15. The number of methoxy groups -OCH3 is 1. The lowest BCUT2D eigenvalue weighted by Crippen LogP contribution is -2.37. The molecule has 2 N–H and O–H groups in total. The number of ether oxygens (including phenoxy) is 2. The van der Waals surface area contributed by atoms with Crippen LogP contribution in [0.2, 0.25) is 0 Å². The van der Waals surface area contributed by atoms with Crippen molar-refractivity contribution in [3.8, 4) is 5.75 Å². The van der Waals surface area contributed by atoms with Crippen LogP contribution in [0.3, 0.4) is 0 Å². The third-order valence-electron chi connectivity index (χ3n) is 4.12. The van der Waals surface area contributed by atoms with E-state index >= 15 is 0 Å². The second kappa shape index (κ2) is 8.39. The third-order valence-corrected chi connectivity index (χ3v) is 4.12. The number of carbonyl (C=O) groups excluding carboxylic acids is 1. The largest absolute Gasteiger partial charge is 0.497 e. The summed E-state index contributed by atoms with van der Waals surface area (Å²) in [5, 5.41) is 5.82. The summed E-state index contributed by atoms with van der Waals surface area (Å²) in [5.74, 6) is 0.799. The van der Waals surface area contributed by atoms with Gasteiger partial charge in [0, 0.05) is 19.6 Å². The first-order valence-electron chi connectivity index (χ1n) is 8.36. The second-order valence-electron chi connectivity index (χ2n) is 5.77. The molecule has 0 bridgehead atoms. The maximum absolute atomic E-state index is 12.3. The predicted octanol–water partition coefficient (Wildman–Crippen LogP) is 2.85. The summed E-state index contributed by atoms with van der Waals surface area (Å²) < 4.78 is 10.5. The summed E-state index contributed by atoms with van der Waals surface area (Å²) in [4.78, 5) is 14.5. The molecule has 132 valence electrons. The lowest BCUT2D eigenvalue weighted by molar-refractivity contribution is 0.123. The van der Waals surface area contributed by atoms with E-state index < -0.39 is 0 Å². The van der Waals surface area contributed by atoms with Crippen molar-refractivity contribution < 1.29 is 14.3 Å². The molecule has 0 unspecified atom stereocenters. The number of benzene rings is 2. The molecule has 0 aliphatic carbocycles. The molecular formula is C19H23N3O3. The molecule has 2 aromatic rings. The number of hydrogen-bond donors (Lipinski definition) is 2. The minimum absolute atomic E-state index is 0.225. The highest BCUT2D eigenvalue weighted by atomic mass is 16.5. The summed E-state index contributed by atoms with van der Waals surface area (Å²) in [5.41, 5.74) is 2.83. The van der Waals surface area contributed by atoms with Crippen LogP contribution in [0.25, 0.3) is 0 Å². The molecule has 6 nitrogen and oxygen atoms in total. The topological polar surface area (TPSA) is 62.8 Å². The fraction of sp³-hybridized carbons (Fsp3) is 0.316. The highest BCUT2D eigenvalue weighted by molar-refractivity contribution is 5.93. The zero-order valence-corrected chi connectivity index (χ0v) is 14.3. The minimum atomic E-state index is -0.225. The number of rotatable bonds is 5. The van der Waals surface area contributed by atoms with Crippen LogP contribution in [0.5, 0.6) is 5.75 Å². The Morgan fingerprint density at radius 3 is 2.56 bits per heavy atom. The second-order valence-corrected chi connectivity index (χ2v) is 5.77. The fourth-order valence-corrected chi connectivity index (χ4v) is 2.75. The zero-order chi connectivity index (χ0) is 17.5. The fourth-order valence-electron chi connectivity index (χ4n) is 2.75.